The molecule has 3 aromatic rings. The van der Waals surface area contributed by atoms with Crippen LogP contribution in [0.25, 0.3) is 0 Å². The van der Waals surface area contributed by atoms with Crippen LogP contribution in [0.2, 0.25) is 0 Å². The van der Waals surface area contributed by atoms with Crippen molar-refractivity contribution in [2.45, 2.75) is 46.4 Å². The Balaban J connectivity index is 1.52. The molecule has 3 rings (SSSR count). The zero-order valence-electron chi connectivity index (χ0n) is 16.4. The summed E-state index contributed by atoms with van der Waals surface area (Å²) in [4.78, 5) is 17.7. The average Bonchev–Trinajstić information content (AvgIpc) is 3.08. The Kier molecular flexibility index (Phi) is 7.34. The standard InChI is InChI=1S/C23H26N2O2S/c1-3-8-21-25-17(2)22(28-21)23(26)24-14-19-11-7-12-20(13-19)16-27-15-18-9-5-4-6-10-18/h4-7,9-13H,3,8,14-16H2,1-2H3,(H,24,26). The molecular weight excluding hydrogens is 368 g/mol. The number of aromatic nitrogens is 1. The number of aryl methyl sites for hydroxylation is 2. The molecule has 1 heterocycles. The third-order valence-electron chi connectivity index (χ3n) is 4.34. The minimum absolute atomic E-state index is 0.0527. The maximum absolute atomic E-state index is 12.5. The van der Waals surface area contributed by atoms with E-state index in [4.69, 9.17) is 4.74 Å². The molecule has 0 radical (unpaired) electrons. The molecule has 0 aliphatic carbocycles. The number of carbonyl (C=O) groups is 1. The molecule has 0 fully saturated rings. The van der Waals surface area contributed by atoms with Gasteiger partial charge in [-0.05, 0) is 36.5 Å². The molecule has 0 saturated heterocycles. The van der Waals surface area contributed by atoms with Crippen molar-refractivity contribution in [1.82, 2.24) is 10.3 Å². The molecule has 2 aromatic carbocycles. The van der Waals surface area contributed by atoms with E-state index < -0.39 is 0 Å². The predicted molar refractivity (Wildman–Crippen MR) is 113 cm³/mol. The summed E-state index contributed by atoms with van der Waals surface area (Å²) in [5, 5.41) is 4.04. The quantitative estimate of drug-likeness (QED) is 0.552. The summed E-state index contributed by atoms with van der Waals surface area (Å²) in [6.07, 6.45) is 1.96. The number of amides is 1. The zero-order valence-corrected chi connectivity index (χ0v) is 17.2. The number of hydrogen-bond donors (Lipinski definition) is 1. The van der Waals surface area contributed by atoms with Crippen molar-refractivity contribution in [3.63, 3.8) is 0 Å². The van der Waals surface area contributed by atoms with Crippen LogP contribution in [0, 0.1) is 6.92 Å². The largest absolute Gasteiger partial charge is 0.372 e. The van der Waals surface area contributed by atoms with Gasteiger partial charge >= 0.3 is 0 Å². The second-order valence-electron chi connectivity index (χ2n) is 6.75. The second-order valence-corrected chi connectivity index (χ2v) is 7.84. The third kappa shape index (κ3) is 5.75. The third-order valence-corrected chi connectivity index (χ3v) is 5.55. The number of nitrogens with zero attached hydrogens (tertiary/aromatic N) is 1. The lowest BCUT2D eigenvalue weighted by Gasteiger charge is -2.08. The summed E-state index contributed by atoms with van der Waals surface area (Å²) >= 11 is 1.50. The van der Waals surface area contributed by atoms with Crippen LogP contribution in [0.4, 0.5) is 0 Å². The minimum atomic E-state index is -0.0527. The second kappa shape index (κ2) is 10.2. The Hall–Kier alpha value is -2.50. The average molecular weight is 395 g/mol. The molecule has 146 valence electrons. The first-order valence-corrected chi connectivity index (χ1v) is 10.4. The first kappa shape index (κ1) is 20.2. The van der Waals surface area contributed by atoms with Crippen LogP contribution in [0.1, 0.15) is 50.4 Å². The first-order valence-electron chi connectivity index (χ1n) is 9.59. The van der Waals surface area contributed by atoms with E-state index >= 15 is 0 Å². The smallest absolute Gasteiger partial charge is 0.263 e. The number of thiazole rings is 1. The highest BCUT2D eigenvalue weighted by molar-refractivity contribution is 7.13. The molecule has 0 spiro atoms. The van der Waals surface area contributed by atoms with E-state index in [1.807, 2.05) is 43.3 Å². The monoisotopic (exact) mass is 394 g/mol. The number of benzene rings is 2. The molecule has 0 saturated carbocycles. The summed E-state index contributed by atoms with van der Waals surface area (Å²) in [7, 11) is 0. The Morgan fingerprint density at radius 1 is 1.04 bits per heavy atom. The summed E-state index contributed by atoms with van der Waals surface area (Å²) in [5.74, 6) is -0.0527. The Bertz CT molecular complexity index is 906. The molecule has 1 amide bonds. The number of rotatable bonds is 9. The molecular formula is C23H26N2O2S. The van der Waals surface area contributed by atoms with Gasteiger partial charge in [-0.15, -0.1) is 11.3 Å². The van der Waals surface area contributed by atoms with Gasteiger partial charge in [0.15, 0.2) is 0 Å². The highest BCUT2D eigenvalue weighted by Gasteiger charge is 2.14. The summed E-state index contributed by atoms with van der Waals surface area (Å²) in [6, 6.07) is 18.3. The SMILES string of the molecule is CCCc1nc(C)c(C(=O)NCc2cccc(COCc3ccccc3)c2)s1. The van der Waals surface area contributed by atoms with Gasteiger partial charge in [0.1, 0.15) is 4.88 Å². The van der Waals surface area contributed by atoms with Crippen LogP contribution in [0.5, 0.6) is 0 Å². The lowest BCUT2D eigenvalue weighted by molar-refractivity contribution is 0.0954. The molecule has 0 unspecified atom stereocenters. The summed E-state index contributed by atoms with van der Waals surface area (Å²) in [5.41, 5.74) is 4.13. The number of ether oxygens (including phenoxy) is 1. The summed E-state index contributed by atoms with van der Waals surface area (Å²) in [6.45, 7) is 5.64. The fraction of sp³-hybridized carbons (Fsp3) is 0.304. The van der Waals surface area contributed by atoms with E-state index in [0.717, 1.165) is 40.2 Å². The maximum atomic E-state index is 12.5. The highest BCUT2D eigenvalue weighted by Crippen LogP contribution is 2.19. The van der Waals surface area contributed by atoms with E-state index in [0.29, 0.717) is 24.6 Å². The van der Waals surface area contributed by atoms with E-state index in [-0.39, 0.29) is 5.91 Å². The molecule has 28 heavy (non-hydrogen) atoms. The molecule has 0 bridgehead atoms. The Labute approximate surface area is 170 Å². The van der Waals surface area contributed by atoms with E-state index in [2.05, 4.69) is 35.4 Å². The van der Waals surface area contributed by atoms with E-state index in [1.165, 1.54) is 11.3 Å². The lowest BCUT2D eigenvalue weighted by atomic mass is 10.1. The van der Waals surface area contributed by atoms with Gasteiger partial charge in [-0.1, -0.05) is 61.5 Å². The van der Waals surface area contributed by atoms with Crippen molar-refractivity contribution in [2.75, 3.05) is 0 Å². The Morgan fingerprint density at radius 2 is 1.75 bits per heavy atom. The number of nitrogens with one attached hydrogen (secondary N) is 1. The van der Waals surface area contributed by atoms with Gasteiger partial charge in [0.2, 0.25) is 0 Å². The molecule has 0 aliphatic rings. The Morgan fingerprint density at radius 3 is 2.54 bits per heavy atom. The summed E-state index contributed by atoms with van der Waals surface area (Å²) < 4.78 is 5.80. The topological polar surface area (TPSA) is 51.2 Å². The van der Waals surface area contributed by atoms with Gasteiger partial charge in [-0.2, -0.15) is 0 Å². The fourth-order valence-electron chi connectivity index (χ4n) is 2.94. The van der Waals surface area contributed by atoms with Crippen LogP contribution < -0.4 is 5.32 Å². The number of carbonyl (C=O) groups excluding carboxylic acids is 1. The van der Waals surface area contributed by atoms with Gasteiger partial charge in [-0.3, -0.25) is 4.79 Å². The molecule has 0 atom stereocenters. The normalized spacial score (nSPS) is 10.8. The van der Waals surface area contributed by atoms with Crippen LogP contribution in [0.3, 0.4) is 0 Å². The fourth-order valence-corrected chi connectivity index (χ4v) is 4.02. The van der Waals surface area contributed by atoms with Gasteiger partial charge in [0.05, 0.1) is 23.9 Å². The minimum Gasteiger partial charge on any atom is -0.372 e. The van der Waals surface area contributed by atoms with Crippen LogP contribution in [0.15, 0.2) is 54.6 Å². The van der Waals surface area contributed by atoms with Crippen molar-refractivity contribution in [3.05, 3.63) is 86.9 Å². The van der Waals surface area contributed by atoms with Crippen molar-refractivity contribution in [3.8, 4) is 0 Å². The van der Waals surface area contributed by atoms with E-state index in [9.17, 15) is 4.79 Å². The van der Waals surface area contributed by atoms with Gasteiger partial charge in [0.25, 0.3) is 5.91 Å². The van der Waals surface area contributed by atoms with Crippen molar-refractivity contribution < 1.29 is 9.53 Å². The first-order chi connectivity index (χ1) is 13.7. The van der Waals surface area contributed by atoms with Crippen LogP contribution in [-0.2, 0) is 30.9 Å². The van der Waals surface area contributed by atoms with Crippen molar-refractivity contribution in [2.24, 2.45) is 0 Å². The molecule has 1 aromatic heterocycles. The van der Waals surface area contributed by atoms with Crippen LogP contribution in [-0.4, -0.2) is 10.9 Å². The van der Waals surface area contributed by atoms with Crippen molar-refractivity contribution >= 4 is 17.2 Å². The highest BCUT2D eigenvalue weighted by atomic mass is 32.1. The lowest BCUT2D eigenvalue weighted by Crippen LogP contribution is -2.22. The van der Waals surface area contributed by atoms with Crippen LogP contribution >= 0.6 is 11.3 Å². The predicted octanol–water partition coefficient (Wildman–Crippen LogP) is 5.05. The van der Waals surface area contributed by atoms with Crippen molar-refractivity contribution in [1.29, 1.82) is 0 Å². The van der Waals surface area contributed by atoms with Gasteiger partial charge in [0, 0.05) is 6.54 Å². The maximum Gasteiger partial charge on any atom is 0.263 e. The molecule has 5 heteroatoms. The molecule has 0 aliphatic heterocycles. The molecule has 1 N–H and O–H groups in total. The van der Waals surface area contributed by atoms with Gasteiger partial charge < -0.3 is 10.1 Å². The number of hydrogen-bond acceptors (Lipinski definition) is 4. The van der Waals surface area contributed by atoms with E-state index in [1.54, 1.807) is 0 Å². The molecule has 4 nitrogen and oxygen atoms in total. The zero-order chi connectivity index (χ0) is 19.8. The van der Waals surface area contributed by atoms with Gasteiger partial charge in [-0.25, -0.2) is 4.98 Å².